The minimum atomic E-state index is 0.856. The molecule has 0 aliphatic carbocycles. The Balaban J connectivity index is 2.89. The van der Waals surface area contributed by atoms with Crippen molar-refractivity contribution >= 4 is 39.5 Å². The van der Waals surface area contributed by atoms with Gasteiger partial charge in [0.15, 0.2) is 6.29 Å². The highest BCUT2D eigenvalue weighted by Gasteiger charge is 2.10. The third-order valence-electron chi connectivity index (χ3n) is 2.24. The monoisotopic (exact) mass is 222 g/mol. The summed E-state index contributed by atoms with van der Waals surface area (Å²) in [6, 6.07) is 6.17. The molecule has 0 atom stereocenters. The van der Waals surface area contributed by atoms with Gasteiger partial charge in [0.2, 0.25) is 0 Å². The van der Waals surface area contributed by atoms with Gasteiger partial charge in [-0.3, -0.25) is 4.79 Å². The first kappa shape index (κ1) is 9.74. The normalized spacial score (nSPS) is 10.7. The fraction of sp³-hybridized carbons (Fsp3) is 0.182. The van der Waals surface area contributed by atoms with Crippen LogP contribution in [-0.4, -0.2) is 12.5 Å². The molecule has 0 bridgehead atoms. The minimum absolute atomic E-state index is 0.856. The summed E-state index contributed by atoms with van der Waals surface area (Å²) >= 11 is 3.38. The fourth-order valence-corrected chi connectivity index (χ4v) is 3.33. The van der Waals surface area contributed by atoms with E-state index in [2.05, 4.69) is 12.1 Å². The average Bonchev–Trinajstić information content (AvgIpc) is 2.52. The summed E-state index contributed by atoms with van der Waals surface area (Å²) in [5, 5.41) is 1.12. The zero-order valence-corrected chi connectivity index (χ0v) is 9.67. The largest absolute Gasteiger partial charge is 0.298 e. The number of carbonyl (C=O) groups excluding carboxylic acids is 1. The van der Waals surface area contributed by atoms with Crippen LogP contribution in [-0.2, 0) is 0 Å². The van der Waals surface area contributed by atoms with Crippen molar-refractivity contribution in [3.8, 4) is 0 Å². The standard InChI is InChI=1S/C11H10OS2/c1-7-8(6-12)11-9(13-2)4-3-5-10(11)14-7/h3-6H,1-2H3. The summed E-state index contributed by atoms with van der Waals surface area (Å²) < 4.78 is 1.21. The van der Waals surface area contributed by atoms with Crippen molar-refractivity contribution in [3.63, 3.8) is 0 Å². The molecular weight excluding hydrogens is 212 g/mol. The number of benzene rings is 1. The Morgan fingerprint density at radius 3 is 2.86 bits per heavy atom. The SMILES string of the molecule is CSc1cccc2sc(C)c(C=O)c12. The number of thioether (sulfide) groups is 1. The van der Waals surface area contributed by atoms with E-state index in [4.69, 9.17) is 0 Å². The van der Waals surface area contributed by atoms with Crippen LogP contribution in [0.15, 0.2) is 23.1 Å². The molecule has 14 heavy (non-hydrogen) atoms. The summed E-state index contributed by atoms with van der Waals surface area (Å²) in [6.45, 7) is 2.00. The Hall–Kier alpha value is -0.800. The molecule has 1 aromatic heterocycles. The lowest BCUT2D eigenvalue weighted by Gasteiger charge is -1.98. The minimum Gasteiger partial charge on any atom is -0.298 e. The first-order valence-corrected chi connectivity index (χ1v) is 6.33. The van der Waals surface area contributed by atoms with E-state index in [1.54, 1.807) is 23.1 Å². The van der Waals surface area contributed by atoms with Crippen molar-refractivity contribution in [1.82, 2.24) is 0 Å². The lowest BCUT2D eigenvalue weighted by atomic mass is 10.1. The number of carbonyl (C=O) groups is 1. The van der Waals surface area contributed by atoms with Gasteiger partial charge in [-0.25, -0.2) is 0 Å². The smallest absolute Gasteiger partial charge is 0.151 e. The molecule has 0 saturated carbocycles. The number of hydrogen-bond donors (Lipinski definition) is 0. The van der Waals surface area contributed by atoms with Crippen LogP contribution >= 0.6 is 23.1 Å². The molecule has 0 unspecified atom stereocenters. The Kier molecular flexibility index (Phi) is 2.61. The van der Waals surface area contributed by atoms with Gasteiger partial charge in [0.25, 0.3) is 0 Å². The molecule has 0 aliphatic heterocycles. The third-order valence-corrected chi connectivity index (χ3v) is 4.10. The Morgan fingerprint density at radius 1 is 1.43 bits per heavy atom. The number of aryl methyl sites for hydroxylation is 1. The van der Waals surface area contributed by atoms with Crippen molar-refractivity contribution in [3.05, 3.63) is 28.6 Å². The zero-order chi connectivity index (χ0) is 10.1. The highest BCUT2D eigenvalue weighted by atomic mass is 32.2. The molecule has 1 aromatic carbocycles. The molecule has 0 spiro atoms. The maximum absolute atomic E-state index is 11.0. The van der Waals surface area contributed by atoms with E-state index in [0.717, 1.165) is 22.1 Å². The van der Waals surface area contributed by atoms with Gasteiger partial charge in [0.05, 0.1) is 0 Å². The molecule has 1 heterocycles. The molecule has 2 rings (SSSR count). The number of fused-ring (bicyclic) bond motifs is 1. The maximum Gasteiger partial charge on any atom is 0.151 e. The molecule has 2 aromatic rings. The topological polar surface area (TPSA) is 17.1 Å². The number of thiophene rings is 1. The van der Waals surface area contributed by atoms with Crippen molar-refractivity contribution < 1.29 is 4.79 Å². The number of rotatable bonds is 2. The average molecular weight is 222 g/mol. The lowest BCUT2D eigenvalue weighted by Crippen LogP contribution is -1.81. The molecule has 0 N–H and O–H groups in total. The van der Waals surface area contributed by atoms with E-state index in [-0.39, 0.29) is 0 Å². The molecule has 0 amide bonds. The Morgan fingerprint density at radius 2 is 2.21 bits per heavy atom. The second kappa shape index (κ2) is 3.75. The Labute approximate surface area is 91.1 Å². The zero-order valence-electron chi connectivity index (χ0n) is 8.03. The molecule has 0 aliphatic rings. The highest BCUT2D eigenvalue weighted by molar-refractivity contribution is 7.98. The van der Waals surface area contributed by atoms with Crippen LogP contribution in [0.25, 0.3) is 10.1 Å². The van der Waals surface area contributed by atoms with Gasteiger partial charge in [0.1, 0.15) is 0 Å². The van der Waals surface area contributed by atoms with E-state index in [1.165, 1.54) is 9.60 Å². The molecular formula is C11H10OS2. The van der Waals surface area contributed by atoms with Gasteiger partial charge < -0.3 is 0 Å². The van der Waals surface area contributed by atoms with Crippen LogP contribution < -0.4 is 0 Å². The summed E-state index contributed by atoms with van der Waals surface area (Å²) in [6.07, 6.45) is 3.00. The predicted octanol–water partition coefficient (Wildman–Crippen LogP) is 3.74. The van der Waals surface area contributed by atoms with Crippen molar-refractivity contribution in [2.24, 2.45) is 0 Å². The van der Waals surface area contributed by atoms with E-state index < -0.39 is 0 Å². The van der Waals surface area contributed by atoms with Gasteiger partial charge >= 0.3 is 0 Å². The summed E-state index contributed by atoms with van der Waals surface area (Å²) in [7, 11) is 0. The molecule has 0 fully saturated rings. The highest BCUT2D eigenvalue weighted by Crippen LogP contribution is 2.35. The first-order chi connectivity index (χ1) is 6.77. The van der Waals surface area contributed by atoms with Crippen molar-refractivity contribution in [2.45, 2.75) is 11.8 Å². The third kappa shape index (κ3) is 1.37. The van der Waals surface area contributed by atoms with E-state index >= 15 is 0 Å². The number of hydrogen-bond acceptors (Lipinski definition) is 3. The quantitative estimate of drug-likeness (QED) is 0.568. The van der Waals surface area contributed by atoms with Gasteiger partial charge in [-0.1, -0.05) is 6.07 Å². The molecule has 0 saturated heterocycles. The lowest BCUT2D eigenvalue weighted by molar-refractivity contribution is 0.112. The fourth-order valence-electron chi connectivity index (χ4n) is 1.57. The molecule has 3 heteroatoms. The first-order valence-electron chi connectivity index (χ1n) is 4.29. The predicted molar refractivity (Wildman–Crippen MR) is 63.7 cm³/mol. The van der Waals surface area contributed by atoms with E-state index in [9.17, 15) is 4.79 Å². The van der Waals surface area contributed by atoms with Crippen LogP contribution in [0.1, 0.15) is 15.2 Å². The van der Waals surface area contributed by atoms with Gasteiger partial charge in [0, 0.05) is 25.4 Å². The van der Waals surface area contributed by atoms with Crippen LogP contribution in [0.4, 0.5) is 0 Å². The van der Waals surface area contributed by atoms with Crippen molar-refractivity contribution in [2.75, 3.05) is 6.26 Å². The summed E-state index contributed by atoms with van der Waals surface area (Å²) in [5.74, 6) is 0. The van der Waals surface area contributed by atoms with Crippen LogP contribution in [0, 0.1) is 6.92 Å². The van der Waals surface area contributed by atoms with Gasteiger partial charge in [-0.05, 0) is 25.3 Å². The molecule has 0 radical (unpaired) electrons. The van der Waals surface area contributed by atoms with E-state index in [1.807, 2.05) is 19.2 Å². The van der Waals surface area contributed by atoms with E-state index in [0.29, 0.717) is 0 Å². The van der Waals surface area contributed by atoms with Gasteiger partial charge in [-0.2, -0.15) is 0 Å². The summed E-state index contributed by atoms with van der Waals surface area (Å²) in [5.41, 5.74) is 0.856. The van der Waals surface area contributed by atoms with Crippen molar-refractivity contribution in [1.29, 1.82) is 0 Å². The maximum atomic E-state index is 11.0. The van der Waals surface area contributed by atoms with Crippen LogP contribution in [0.5, 0.6) is 0 Å². The van der Waals surface area contributed by atoms with Crippen LogP contribution in [0.3, 0.4) is 0 Å². The second-order valence-corrected chi connectivity index (χ2v) is 5.13. The number of aldehydes is 1. The van der Waals surface area contributed by atoms with Gasteiger partial charge in [-0.15, -0.1) is 23.1 Å². The molecule has 1 nitrogen and oxygen atoms in total. The second-order valence-electron chi connectivity index (χ2n) is 3.02. The molecule has 72 valence electrons. The summed E-state index contributed by atoms with van der Waals surface area (Å²) in [4.78, 5) is 13.3. The Bertz CT molecular complexity index is 485. The van der Waals surface area contributed by atoms with Crippen LogP contribution in [0.2, 0.25) is 0 Å².